The van der Waals surface area contributed by atoms with Crippen LogP contribution in [0.25, 0.3) is 11.0 Å². The number of carbonyl (C=O) groups is 3. The van der Waals surface area contributed by atoms with E-state index in [2.05, 4.69) is 0 Å². The van der Waals surface area contributed by atoms with Crippen LogP contribution in [-0.2, 0) is 20.7 Å². The molecule has 0 bridgehead atoms. The lowest BCUT2D eigenvalue weighted by Gasteiger charge is -2.30. The van der Waals surface area contributed by atoms with E-state index in [1.165, 1.54) is 0 Å². The predicted molar refractivity (Wildman–Crippen MR) is 136 cm³/mol. The minimum Gasteiger partial charge on any atom is -0.460 e. The number of aryl methyl sites for hydroxylation is 1. The molecule has 0 N–H and O–H groups in total. The number of hydrogen-bond acceptors (Lipinski definition) is 6. The van der Waals surface area contributed by atoms with Crippen molar-refractivity contribution in [3.63, 3.8) is 0 Å². The Morgan fingerprint density at radius 3 is 2.53 bits per heavy atom. The summed E-state index contributed by atoms with van der Waals surface area (Å²) in [6.45, 7) is 9.93. The van der Waals surface area contributed by atoms with E-state index in [0.29, 0.717) is 23.9 Å². The zero-order valence-electron chi connectivity index (χ0n) is 21.5. The van der Waals surface area contributed by atoms with Gasteiger partial charge in [-0.1, -0.05) is 30.3 Å². The molecule has 1 aliphatic heterocycles. The molecule has 1 saturated heterocycles. The van der Waals surface area contributed by atoms with Gasteiger partial charge in [0.15, 0.2) is 5.78 Å². The van der Waals surface area contributed by atoms with Gasteiger partial charge in [-0.2, -0.15) is 0 Å². The SMILES string of the molecule is CCOC(=O)c1cc2cc(CC(=O)[C@@H]3[C@H](c4ccccc4C)CCN3C(=O)OC(C)(C)C)ccc2o1. The summed E-state index contributed by atoms with van der Waals surface area (Å²) in [5, 5.41) is 0.717. The van der Waals surface area contributed by atoms with E-state index in [9.17, 15) is 14.4 Å². The molecule has 2 atom stereocenters. The maximum absolute atomic E-state index is 13.8. The van der Waals surface area contributed by atoms with E-state index >= 15 is 0 Å². The molecule has 0 spiro atoms. The van der Waals surface area contributed by atoms with Crippen molar-refractivity contribution in [2.24, 2.45) is 0 Å². The van der Waals surface area contributed by atoms with Crippen LogP contribution in [0.15, 0.2) is 52.9 Å². The molecule has 190 valence electrons. The molecule has 2 heterocycles. The van der Waals surface area contributed by atoms with Crippen LogP contribution in [0.2, 0.25) is 0 Å². The number of rotatable bonds is 6. The Kier molecular flexibility index (Phi) is 7.20. The number of amides is 1. The molecule has 1 aromatic heterocycles. The molecule has 1 aliphatic rings. The number of carbonyl (C=O) groups excluding carboxylic acids is 3. The van der Waals surface area contributed by atoms with Gasteiger partial charge in [-0.25, -0.2) is 9.59 Å². The van der Waals surface area contributed by atoms with Crippen molar-refractivity contribution < 1.29 is 28.3 Å². The van der Waals surface area contributed by atoms with Crippen molar-refractivity contribution in [2.45, 2.75) is 65.0 Å². The number of likely N-dealkylation sites (tertiary alicyclic amines) is 1. The monoisotopic (exact) mass is 491 g/mol. The molecule has 3 aromatic rings. The molecule has 7 nitrogen and oxygen atoms in total. The third kappa shape index (κ3) is 5.45. The summed E-state index contributed by atoms with van der Waals surface area (Å²) in [6, 6.07) is 14.4. The fourth-order valence-electron chi connectivity index (χ4n) is 4.86. The van der Waals surface area contributed by atoms with Crippen molar-refractivity contribution >= 4 is 28.8 Å². The van der Waals surface area contributed by atoms with E-state index in [-0.39, 0.29) is 30.5 Å². The number of esters is 1. The second-order valence-corrected chi connectivity index (χ2v) is 10.2. The van der Waals surface area contributed by atoms with Gasteiger partial charge in [0.25, 0.3) is 0 Å². The Morgan fingerprint density at radius 2 is 1.83 bits per heavy atom. The molecule has 0 unspecified atom stereocenters. The molecular formula is C29H33NO6. The summed E-state index contributed by atoms with van der Waals surface area (Å²) in [7, 11) is 0. The summed E-state index contributed by atoms with van der Waals surface area (Å²) in [5.74, 6) is -0.562. The largest absolute Gasteiger partial charge is 0.460 e. The predicted octanol–water partition coefficient (Wildman–Crippen LogP) is 5.82. The first-order valence-electron chi connectivity index (χ1n) is 12.3. The standard InChI is InChI=1S/C29H33NO6/c1-6-34-27(32)25-17-20-15-19(11-12-24(20)35-25)16-23(31)26-22(21-10-8-7-9-18(21)2)13-14-30(26)28(33)36-29(3,4)5/h7-12,15,17,22,26H,6,13-14,16H2,1-5H3/t22-,26-/m0/s1. The Labute approximate surface area is 211 Å². The smallest absolute Gasteiger partial charge is 0.410 e. The van der Waals surface area contributed by atoms with E-state index in [1.807, 2.05) is 64.1 Å². The van der Waals surface area contributed by atoms with Gasteiger partial charge >= 0.3 is 12.1 Å². The van der Waals surface area contributed by atoms with Crippen molar-refractivity contribution in [3.05, 3.63) is 71.0 Å². The summed E-state index contributed by atoms with van der Waals surface area (Å²) in [4.78, 5) is 40.5. The first kappa shape index (κ1) is 25.5. The van der Waals surface area contributed by atoms with Crippen LogP contribution in [-0.4, -0.2) is 47.5 Å². The molecular weight excluding hydrogens is 458 g/mol. The number of ether oxygens (including phenoxy) is 2. The van der Waals surface area contributed by atoms with Gasteiger partial charge in [-0.15, -0.1) is 0 Å². The third-order valence-corrected chi connectivity index (χ3v) is 6.38. The number of ketones is 1. The van der Waals surface area contributed by atoms with Crippen LogP contribution in [0.4, 0.5) is 4.79 Å². The molecule has 1 fully saturated rings. The van der Waals surface area contributed by atoms with Crippen molar-refractivity contribution in [2.75, 3.05) is 13.2 Å². The highest BCUT2D eigenvalue weighted by molar-refractivity contribution is 5.94. The Balaban J connectivity index is 1.62. The molecule has 0 radical (unpaired) electrons. The van der Waals surface area contributed by atoms with Crippen LogP contribution >= 0.6 is 0 Å². The lowest BCUT2D eigenvalue weighted by Crippen LogP contribution is -2.45. The summed E-state index contributed by atoms with van der Waals surface area (Å²) < 4.78 is 16.3. The van der Waals surface area contributed by atoms with Crippen LogP contribution in [0.1, 0.15) is 67.3 Å². The van der Waals surface area contributed by atoms with Gasteiger partial charge < -0.3 is 13.9 Å². The van der Waals surface area contributed by atoms with E-state index in [4.69, 9.17) is 13.9 Å². The topological polar surface area (TPSA) is 86.1 Å². The highest BCUT2D eigenvalue weighted by atomic mass is 16.6. The highest BCUT2D eigenvalue weighted by Gasteiger charge is 2.44. The first-order chi connectivity index (χ1) is 17.1. The molecule has 0 aliphatic carbocycles. The average molecular weight is 492 g/mol. The van der Waals surface area contributed by atoms with E-state index in [0.717, 1.165) is 16.7 Å². The summed E-state index contributed by atoms with van der Waals surface area (Å²) >= 11 is 0. The molecule has 4 rings (SSSR count). The van der Waals surface area contributed by atoms with E-state index in [1.54, 1.807) is 24.0 Å². The van der Waals surface area contributed by atoms with Crippen LogP contribution in [0, 0.1) is 6.92 Å². The first-order valence-corrected chi connectivity index (χ1v) is 12.3. The quantitative estimate of drug-likeness (QED) is 0.404. The number of Topliss-reactive ketones (excluding diaryl/α,β-unsaturated/α-hetero) is 1. The van der Waals surface area contributed by atoms with Crippen LogP contribution in [0.3, 0.4) is 0 Å². The second-order valence-electron chi connectivity index (χ2n) is 10.2. The maximum Gasteiger partial charge on any atom is 0.410 e. The van der Waals surface area contributed by atoms with Gasteiger partial charge in [0.05, 0.1) is 6.61 Å². The molecule has 36 heavy (non-hydrogen) atoms. The molecule has 1 amide bonds. The Bertz CT molecular complexity index is 1280. The third-order valence-electron chi connectivity index (χ3n) is 6.38. The van der Waals surface area contributed by atoms with Gasteiger partial charge in [-0.05, 0) is 75.9 Å². The number of nitrogens with zero attached hydrogens (tertiary/aromatic N) is 1. The average Bonchev–Trinajstić information content (AvgIpc) is 3.43. The zero-order chi connectivity index (χ0) is 26.0. The minimum atomic E-state index is -0.658. The highest BCUT2D eigenvalue weighted by Crippen LogP contribution is 2.37. The normalized spacial score (nSPS) is 17.9. The maximum atomic E-state index is 13.8. The Morgan fingerprint density at radius 1 is 1.08 bits per heavy atom. The molecule has 0 saturated carbocycles. The second kappa shape index (κ2) is 10.2. The van der Waals surface area contributed by atoms with Crippen LogP contribution < -0.4 is 0 Å². The summed E-state index contributed by atoms with van der Waals surface area (Å²) in [6.07, 6.45) is 0.355. The number of hydrogen-bond donors (Lipinski definition) is 0. The van der Waals surface area contributed by atoms with Gasteiger partial charge in [0, 0.05) is 24.3 Å². The minimum absolute atomic E-state index is 0.0555. The summed E-state index contributed by atoms with van der Waals surface area (Å²) in [5.41, 5.74) is 2.84. The van der Waals surface area contributed by atoms with Crippen molar-refractivity contribution in [1.82, 2.24) is 4.90 Å². The van der Waals surface area contributed by atoms with Crippen molar-refractivity contribution in [1.29, 1.82) is 0 Å². The number of furan rings is 1. The number of fused-ring (bicyclic) bond motifs is 1. The lowest BCUT2D eigenvalue weighted by molar-refractivity contribution is -0.123. The fourth-order valence-corrected chi connectivity index (χ4v) is 4.86. The van der Waals surface area contributed by atoms with Gasteiger partial charge in [0.1, 0.15) is 17.2 Å². The fraction of sp³-hybridized carbons (Fsp3) is 0.414. The zero-order valence-corrected chi connectivity index (χ0v) is 21.5. The van der Waals surface area contributed by atoms with Crippen molar-refractivity contribution in [3.8, 4) is 0 Å². The van der Waals surface area contributed by atoms with Gasteiger partial charge in [-0.3, -0.25) is 9.69 Å². The molecule has 7 heteroatoms. The Hall–Kier alpha value is -3.61. The van der Waals surface area contributed by atoms with Crippen LogP contribution in [0.5, 0.6) is 0 Å². The number of benzene rings is 2. The van der Waals surface area contributed by atoms with E-state index < -0.39 is 23.7 Å². The van der Waals surface area contributed by atoms with Gasteiger partial charge in [0.2, 0.25) is 5.76 Å². The molecule has 2 aromatic carbocycles. The lowest BCUT2D eigenvalue weighted by atomic mass is 9.85.